The third kappa shape index (κ3) is 4.32. The summed E-state index contributed by atoms with van der Waals surface area (Å²) in [7, 11) is 1.70. The van der Waals surface area contributed by atoms with Gasteiger partial charge in [-0.3, -0.25) is 0 Å². The lowest BCUT2D eigenvalue weighted by atomic mass is 10.1. The Balaban J connectivity index is 2.36. The number of methoxy groups -OCH3 is 1. The highest BCUT2D eigenvalue weighted by atomic mass is 16.5. The first-order chi connectivity index (χ1) is 7.24. The van der Waals surface area contributed by atoms with E-state index < -0.39 is 0 Å². The average molecular weight is 209 g/mol. The highest BCUT2D eigenvalue weighted by Crippen LogP contribution is 2.18. The summed E-state index contributed by atoms with van der Waals surface area (Å²) in [5.41, 5.74) is 7.59. The molecule has 0 radical (unpaired) electrons. The van der Waals surface area contributed by atoms with Crippen molar-refractivity contribution in [2.24, 2.45) is 0 Å². The van der Waals surface area contributed by atoms with Crippen LogP contribution in [0.5, 0.6) is 0 Å². The van der Waals surface area contributed by atoms with E-state index in [1.807, 2.05) is 31.2 Å². The fourth-order valence-corrected chi connectivity index (χ4v) is 1.37. The summed E-state index contributed by atoms with van der Waals surface area (Å²) in [6.45, 7) is 3.48. The fourth-order valence-electron chi connectivity index (χ4n) is 1.37. The molecule has 1 atom stereocenters. The second-order valence-electron chi connectivity index (χ2n) is 3.53. The van der Waals surface area contributed by atoms with Crippen molar-refractivity contribution in [3.05, 3.63) is 29.8 Å². The van der Waals surface area contributed by atoms with Crippen molar-refractivity contribution in [3.63, 3.8) is 0 Å². The highest BCUT2D eigenvalue weighted by Gasteiger charge is 2.04. The molecule has 15 heavy (non-hydrogen) atoms. The number of rotatable bonds is 6. The summed E-state index contributed by atoms with van der Waals surface area (Å²) < 4.78 is 10.6. The van der Waals surface area contributed by atoms with Gasteiger partial charge in [-0.1, -0.05) is 12.1 Å². The van der Waals surface area contributed by atoms with Crippen LogP contribution in [0.15, 0.2) is 24.3 Å². The summed E-state index contributed by atoms with van der Waals surface area (Å²) in [5, 5.41) is 0. The maximum Gasteiger partial charge on any atom is 0.0797 e. The van der Waals surface area contributed by atoms with E-state index in [2.05, 4.69) is 0 Å². The SMILES string of the molecule is COCCCOC(C)c1cccc(N)c1. The number of nitrogen functional groups attached to an aromatic ring is 1. The van der Waals surface area contributed by atoms with E-state index in [1.54, 1.807) is 7.11 Å². The molecule has 0 bridgehead atoms. The molecule has 0 aromatic heterocycles. The molecule has 1 aromatic carbocycles. The number of nitrogens with two attached hydrogens (primary N) is 1. The quantitative estimate of drug-likeness (QED) is 0.578. The van der Waals surface area contributed by atoms with Crippen LogP contribution in [-0.4, -0.2) is 20.3 Å². The summed E-state index contributed by atoms with van der Waals surface area (Å²) in [6, 6.07) is 7.79. The predicted octanol–water partition coefficient (Wildman–Crippen LogP) is 2.38. The zero-order valence-electron chi connectivity index (χ0n) is 9.40. The number of hydrogen-bond acceptors (Lipinski definition) is 3. The van der Waals surface area contributed by atoms with Crippen molar-refractivity contribution in [1.29, 1.82) is 0 Å². The lowest BCUT2D eigenvalue weighted by Crippen LogP contribution is -2.04. The van der Waals surface area contributed by atoms with Crippen LogP contribution >= 0.6 is 0 Å². The van der Waals surface area contributed by atoms with E-state index in [4.69, 9.17) is 15.2 Å². The first kappa shape index (κ1) is 12.0. The van der Waals surface area contributed by atoms with Crippen molar-refractivity contribution in [3.8, 4) is 0 Å². The van der Waals surface area contributed by atoms with Crippen molar-refractivity contribution < 1.29 is 9.47 Å². The van der Waals surface area contributed by atoms with Crippen LogP contribution in [0.3, 0.4) is 0 Å². The minimum Gasteiger partial charge on any atom is -0.399 e. The van der Waals surface area contributed by atoms with Crippen LogP contribution in [0, 0.1) is 0 Å². The van der Waals surface area contributed by atoms with Crippen LogP contribution in [0.1, 0.15) is 25.0 Å². The van der Waals surface area contributed by atoms with E-state index in [1.165, 1.54) is 0 Å². The van der Waals surface area contributed by atoms with Gasteiger partial charge in [-0.05, 0) is 31.0 Å². The molecule has 0 heterocycles. The van der Waals surface area contributed by atoms with Crippen LogP contribution in [0.25, 0.3) is 0 Å². The topological polar surface area (TPSA) is 44.5 Å². The molecule has 0 fully saturated rings. The second kappa shape index (κ2) is 6.43. The predicted molar refractivity (Wildman–Crippen MR) is 61.7 cm³/mol. The molecule has 2 N–H and O–H groups in total. The number of benzene rings is 1. The monoisotopic (exact) mass is 209 g/mol. The molecular formula is C12H19NO2. The molecule has 0 spiro atoms. The Hall–Kier alpha value is -1.06. The van der Waals surface area contributed by atoms with E-state index in [0.717, 1.165) is 24.3 Å². The minimum absolute atomic E-state index is 0.0883. The van der Waals surface area contributed by atoms with Crippen LogP contribution in [0.2, 0.25) is 0 Å². The Morgan fingerprint density at radius 3 is 2.80 bits per heavy atom. The molecule has 0 aliphatic rings. The number of hydrogen-bond donors (Lipinski definition) is 1. The Bertz CT molecular complexity index is 289. The summed E-state index contributed by atoms with van der Waals surface area (Å²) in [4.78, 5) is 0. The molecule has 0 aliphatic carbocycles. The standard InChI is InChI=1S/C12H19NO2/c1-10(15-8-4-7-14-2)11-5-3-6-12(13)9-11/h3,5-6,9-10H,4,7-8,13H2,1-2H3. The average Bonchev–Trinajstić information content (AvgIpc) is 2.24. The molecule has 0 saturated heterocycles. The van der Waals surface area contributed by atoms with E-state index in [9.17, 15) is 0 Å². The maximum absolute atomic E-state index is 5.70. The van der Waals surface area contributed by atoms with Crippen molar-refractivity contribution in [1.82, 2.24) is 0 Å². The van der Waals surface area contributed by atoms with Gasteiger partial charge in [0, 0.05) is 26.0 Å². The van der Waals surface area contributed by atoms with Gasteiger partial charge in [-0.15, -0.1) is 0 Å². The lowest BCUT2D eigenvalue weighted by Gasteiger charge is -2.13. The third-order valence-electron chi connectivity index (χ3n) is 2.24. The van der Waals surface area contributed by atoms with Gasteiger partial charge in [0.25, 0.3) is 0 Å². The molecule has 1 unspecified atom stereocenters. The van der Waals surface area contributed by atoms with Gasteiger partial charge in [-0.2, -0.15) is 0 Å². The van der Waals surface area contributed by atoms with Gasteiger partial charge >= 0.3 is 0 Å². The molecule has 1 aromatic rings. The molecule has 0 amide bonds. The normalized spacial score (nSPS) is 12.7. The molecule has 1 rings (SSSR count). The molecule has 3 heteroatoms. The van der Waals surface area contributed by atoms with Crippen LogP contribution < -0.4 is 5.73 Å². The second-order valence-corrected chi connectivity index (χ2v) is 3.53. The summed E-state index contributed by atoms with van der Waals surface area (Å²) >= 11 is 0. The first-order valence-corrected chi connectivity index (χ1v) is 5.20. The van der Waals surface area contributed by atoms with Crippen LogP contribution in [0.4, 0.5) is 5.69 Å². The minimum atomic E-state index is 0.0883. The zero-order chi connectivity index (χ0) is 11.1. The molecule has 3 nitrogen and oxygen atoms in total. The first-order valence-electron chi connectivity index (χ1n) is 5.20. The smallest absolute Gasteiger partial charge is 0.0797 e. The summed E-state index contributed by atoms with van der Waals surface area (Å²) in [6.07, 6.45) is 1.01. The van der Waals surface area contributed by atoms with Gasteiger partial charge in [-0.25, -0.2) is 0 Å². The summed E-state index contributed by atoms with van der Waals surface area (Å²) in [5.74, 6) is 0. The van der Waals surface area contributed by atoms with Crippen molar-refractivity contribution in [2.75, 3.05) is 26.1 Å². The molecular weight excluding hydrogens is 190 g/mol. The van der Waals surface area contributed by atoms with Crippen molar-refractivity contribution >= 4 is 5.69 Å². The van der Waals surface area contributed by atoms with E-state index in [-0.39, 0.29) is 6.10 Å². The van der Waals surface area contributed by atoms with Gasteiger partial charge < -0.3 is 15.2 Å². The fraction of sp³-hybridized carbons (Fsp3) is 0.500. The van der Waals surface area contributed by atoms with Gasteiger partial charge in [0.15, 0.2) is 0 Å². The molecule has 0 aliphatic heterocycles. The third-order valence-corrected chi connectivity index (χ3v) is 2.24. The number of ether oxygens (including phenoxy) is 2. The molecule has 84 valence electrons. The van der Waals surface area contributed by atoms with E-state index >= 15 is 0 Å². The van der Waals surface area contributed by atoms with E-state index in [0.29, 0.717) is 6.61 Å². The Kier molecular flexibility index (Phi) is 5.15. The Labute approximate surface area is 91.2 Å². The van der Waals surface area contributed by atoms with Gasteiger partial charge in [0.1, 0.15) is 0 Å². The highest BCUT2D eigenvalue weighted by molar-refractivity contribution is 5.41. The Morgan fingerprint density at radius 1 is 1.33 bits per heavy atom. The molecule has 0 saturated carbocycles. The van der Waals surface area contributed by atoms with Crippen molar-refractivity contribution in [2.45, 2.75) is 19.4 Å². The van der Waals surface area contributed by atoms with Gasteiger partial charge in [0.05, 0.1) is 6.10 Å². The van der Waals surface area contributed by atoms with Crippen LogP contribution in [-0.2, 0) is 9.47 Å². The zero-order valence-corrected chi connectivity index (χ0v) is 9.40. The maximum atomic E-state index is 5.70. The lowest BCUT2D eigenvalue weighted by molar-refractivity contribution is 0.0499. The Morgan fingerprint density at radius 2 is 2.13 bits per heavy atom. The van der Waals surface area contributed by atoms with Gasteiger partial charge in [0.2, 0.25) is 0 Å². The largest absolute Gasteiger partial charge is 0.399 e. The number of anilines is 1.